The summed E-state index contributed by atoms with van der Waals surface area (Å²) in [6.07, 6.45) is 0.998. The lowest BCUT2D eigenvalue weighted by Crippen LogP contribution is -2.36. The fourth-order valence-electron chi connectivity index (χ4n) is 3.06. The van der Waals surface area contributed by atoms with Gasteiger partial charge >= 0.3 is 0 Å². The monoisotopic (exact) mass is 396 g/mol. The van der Waals surface area contributed by atoms with Gasteiger partial charge in [0.2, 0.25) is 6.10 Å². The van der Waals surface area contributed by atoms with Crippen LogP contribution in [-0.4, -0.2) is 29.8 Å². The van der Waals surface area contributed by atoms with E-state index in [0.717, 1.165) is 16.0 Å². The maximum absolute atomic E-state index is 12.8. The van der Waals surface area contributed by atoms with Gasteiger partial charge in [-0.05, 0) is 31.2 Å². The number of para-hydroxylation sites is 3. The van der Waals surface area contributed by atoms with Crippen molar-refractivity contribution in [1.82, 2.24) is 4.57 Å². The lowest BCUT2D eigenvalue weighted by atomic mass is 10.2. The minimum absolute atomic E-state index is 0.135. The fraction of sp³-hybridized carbons (Fsp3) is 0.238. The molecule has 0 saturated carbocycles. The highest BCUT2D eigenvalue weighted by molar-refractivity contribution is 7.16. The summed E-state index contributed by atoms with van der Waals surface area (Å²) in [4.78, 5) is 17.7. The summed E-state index contributed by atoms with van der Waals surface area (Å²) >= 11 is 1.43. The van der Waals surface area contributed by atoms with Crippen LogP contribution in [0.2, 0.25) is 0 Å². The van der Waals surface area contributed by atoms with Crippen LogP contribution < -0.4 is 19.0 Å². The van der Waals surface area contributed by atoms with Gasteiger partial charge in [0.15, 0.2) is 16.3 Å². The van der Waals surface area contributed by atoms with Crippen LogP contribution in [0.1, 0.15) is 6.92 Å². The quantitative estimate of drug-likeness (QED) is 0.619. The molecular formula is C21H20N2O4S. The Kier molecular flexibility index (Phi) is 5.16. The molecule has 4 rings (SSSR count). The van der Waals surface area contributed by atoms with Crippen LogP contribution in [0.3, 0.4) is 0 Å². The average Bonchev–Trinajstić information content (AvgIpc) is 3.06. The van der Waals surface area contributed by atoms with E-state index in [2.05, 4.69) is 11.6 Å². The summed E-state index contributed by atoms with van der Waals surface area (Å²) in [6, 6.07) is 13.1. The van der Waals surface area contributed by atoms with Gasteiger partial charge in [-0.15, -0.1) is 6.58 Å². The molecule has 1 aliphatic heterocycles. The molecule has 144 valence electrons. The van der Waals surface area contributed by atoms with E-state index in [9.17, 15) is 4.79 Å². The first kappa shape index (κ1) is 18.3. The van der Waals surface area contributed by atoms with Crippen LogP contribution in [0.5, 0.6) is 17.2 Å². The highest BCUT2D eigenvalue weighted by atomic mass is 32.1. The number of nitrogens with zero attached hydrogens (tertiary/aromatic N) is 2. The predicted molar refractivity (Wildman–Crippen MR) is 108 cm³/mol. The van der Waals surface area contributed by atoms with Crippen molar-refractivity contribution < 1.29 is 19.0 Å². The smallest absolute Gasteiger partial charge is 0.292 e. The van der Waals surface area contributed by atoms with Crippen LogP contribution >= 0.6 is 11.3 Å². The standard InChI is InChI=1S/C21H20N2O4S/c1-3-12-23-19-16(25-4-2)10-7-11-18(19)28-21(23)22-20(24)17-13-26-14-8-5-6-9-15(14)27-17/h3,5-11,17H,1,4,12-13H2,2H3/t17-/m0/s1. The number of carbonyl (C=O) groups is 1. The zero-order valence-electron chi connectivity index (χ0n) is 15.5. The number of benzene rings is 2. The van der Waals surface area contributed by atoms with Gasteiger partial charge in [-0.1, -0.05) is 35.6 Å². The fourth-order valence-corrected chi connectivity index (χ4v) is 4.12. The van der Waals surface area contributed by atoms with Crippen LogP contribution in [0.15, 0.2) is 60.1 Å². The number of allylic oxidation sites excluding steroid dienone is 1. The molecule has 0 unspecified atom stereocenters. The second kappa shape index (κ2) is 7.90. The van der Waals surface area contributed by atoms with Crippen molar-refractivity contribution in [3.8, 4) is 17.2 Å². The molecule has 0 bridgehead atoms. The van der Waals surface area contributed by atoms with Gasteiger partial charge in [0.25, 0.3) is 5.91 Å². The summed E-state index contributed by atoms with van der Waals surface area (Å²) in [7, 11) is 0. The number of rotatable bonds is 5. The van der Waals surface area contributed by atoms with E-state index in [4.69, 9.17) is 14.2 Å². The summed E-state index contributed by atoms with van der Waals surface area (Å²) < 4.78 is 20.1. The average molecular weight is 396 g/mol. The van der Waals surface area contributed by atoms with E-state index in [-0.39, 0.29) is 12.5 Å². The van der Waals surface area contributed by atoms with Gasteiger partial charge in [-0.2, -0.15) is 4.99 Å². The minimum atomic E-state index is -0.774. The number of ether oxygens (including phenoxy) is 3. The minimum Gasteiger partial charge on any atom is -0.492 e. The summed E-state index contributed by atoms with van der Waals surface area (Å²) in [5.74, 6) is 1.57. The van der Waals surface area contributed by atoms with Crippen LogP contribution in [-0.2, 0) is 11.3 Å². The predicted octanol–water partition coefficient (Wildman–Crippen LogP) is 3.55. The zero-order chi connectivity index (χ0) is 19.5. The van der Waals surface area contributed by atoms with Gasteiger partial charge in [0.05, 0.1) is 11.3 Å². The third-order valence-corrected chi connectivity index (χ3v) is 5.31. The van der Waals surface area contributed by atoms with Crippen LogP contribution in [0.4, 0.5) is 0 Å². The van der Waals surface area contributed by atoms with Crippen molar-refractivity contribution in [3.05, 3.63) is 59.9 Å². The van der Waals surface area contributed by atoms with Gasteiger partial charge in [-0.25, -0.2) is 0 Å². The molecule has 0 radical (unpaired) electrons. The number of fused-ring (bicyclic) bond motifs is 2. The molecule has 28 heavy (non-hydrogen) atoms. The van der Waals surface area contributed by atoms with Crippen LogP contribution in [0.25, 0.3) is 10.2 Å². The second-order valence-corrected chi connectivity index (χ2v) is 7.14. The van der Waals surface area contributed by atoms with E-state index >= 15 is 0 Å². The first-order valence-corrected chi connectivity index (χ1v) is 9.86. The Labute approximate surface area is 166 Å². The van der Waals surface area contributed by atoms with Crippen molar-refractivity contribution in [2.75, 3.05) is 13.2 Å². The highest BCUT2D eigenvalue weighted by Crippen LogP contribution is 2.31. The van der Waals surface area contributed by atoms with Crippen molar-refractivity contribution in [3.63, 3.8) is 0 Å². The lowest BCUT2D eigenvalue weighted by molar-refractivity contribution is -0.127. The second-order valence-electron chi connectivity index (χ2n) is 6.13. The van der Waals surface area contributed by atoms with Crippen molar-refractivity contribution in [2.45, 2.75) is 19.6 Å². The van der Waals surface area contributed by atoms with E-state index in [1.807, 2.05) is 47.9 Å². The zero-order valence-corrected chi connectivity index (χ0v) is 16.3. The Balaban J connectivity index is 1.73. The van der Waals surface area contributed by atoms with Gasteiger partial charge in [0.1, 0.15) is 17.9 Å². The van der Waals surface area contributed by atoms with Crippen molar-refractivity contribution in [1.29, 1.82) is 0 Å². The number of aromatic nitrogens is 1. The summed E-state index contributed by atoms with van der Waals surface area (Å²) in [5.41, 5.74) is 0.909. The number of hydrogen-bond acceptors (Lipinski definition) is 5. The van der Waals surface area contributed by atoms with Crippen LogP contribution in [0, 0.1) is 0 Å². The molecule has 6 nitrogen and oxygen atoms in total. The Hall–Kier alpha value is -3.06. The molecule has 2 heterocycles. The maximum atomic E-state index is 12.8. The topological polar surface area (TPSA) is 62.1 Å². The van der Waals surface area contributed by atoms with E-state index in [1.54, 1.807) is 12.1 Å². The largest absolute Gasteiger partial charge is 0.492 e. The third-order valence-electron chi connectivity index (χ3n) is 4.27. The molecule has 0 spiro atoms. The van der Waals surface area contributed by atoms with Gasteiger partial charge in [-0.3, -0.25) is 4.79 Å². The number of amides is 1. The normalized spacial score (nSPS) is 16.2. The molecule has 0 fully saturated rings. The molecule has 1 aromatic heterocycles. The molecule has 0 N–H and O–H groups in total. The molecule has 0 saturated heterocycles. The molecule has 3 aromatic rings. The summed E-state index contributed by atoms with van der Waals surface area (Å²) in [5, 5.41) is 0. The Morgan fingerprint density at radius 2 is 2.14 bits per heavy atom. The first-order chi connectivity index (χ1) is 13.7. The summed E-state index contributed by atoms with van der Waals surface area (Å²) in [6.45, 7) is 6.97. The number of carbonyl (C=O) groups excluding carboxylic acids is 1. The number of thiazole rings is 1. The Bertz CT molecular complexity index is 1100. The van der Waals surface area contributed by atoms with E-state index < -0.39 is 6.10 Å². The Morgan fingerprint density at radius 1 is 1.32 bits per heavy atom. The SMILES string of the molecule is C=CCn1c(=NC(=O)[C@@H]2COc3ccccc3O2)sc2cccc(OCC)c21. The molecule has 1 amide bonds. The highest BCUT2D eigenvalue weighted by Gasteiger charge is 2.27. The Morgan fingerprint density at radius 3 is 2.93 bits per heavy atom. The third kappa shape index (κ3) is 3.41. The van der Waals surface area contributed by atoms with Crippen molar-refractivity contribution >= 4 is 27.5 Å². The first-order valence-electron chi connectivity index (χ1n) is 9.04. The van der Waals surface area contributed by atoms with Gasteiger partial charge < -0.3 is 18.8 Å². The molecule has 1 aliphatic rings. The molecule has 0 aliphatic carbocycles. The maximum Gasteiger partial charge on any atom is 0.292 e. The number of hydrogen-bond donors (Lipinski definition) is 0. The van der Waals surface area contributed by atoms with Gasteiger partial charge in [0, 0.05) is 6.54 Å². The van der Waals surface area contributed by atoms with Crippen molar-refractivity contribution in [2.24, 2.45) is 4.99 Å². The molecular weight excluding hydrogens is 376 g/mol. The molecule has 1 atom stereocenters. The molecule has 7 heteroatoms. The lowest BCUT2D eigenvalue weighted by Gasteiger charge is -2.23. The molecule has 2 aromatic carbocycles. The van der Waals surface area contributed by atoms with E-state index in [1.165, 1.54) is 11.3 Å². The van der Waals surface area contributed by atoms with E-state index in [0.29, 0.717) is 29.5 Å².